The lowest BCUT2D eigenvalue weighted by Gasteiger charge is -2.25. The first-order chi connectivity index (χ1) is 5.62. The fraction of sp³-hybridized carbons (Fsp3) is 0.889. The monoisotopic (exact) mass is 171 g/mol. The number of ketones is 1. The Hall–Kier alpha value is -0.410. The topological polar surface area (TPSA) is 52.3 Å². The van der Waals surface area contributed by atoms with Crippen LogP contribution in [-0.4, -0.2) is 24.5 Å². The first-order valence-electron chi connectivity index (χ1n) is 4.48. The molecule has 0 aromatic carbocycles. The Morgan fingerprint density at radius 1 is 1.50 bits per heavy atom. The first kappa shape index (κ1) is 9.68. The van der Waals surface area contributed by atoms with E-state index < -0.39 is 0 Å². The average Bonchev–Trinajstić information content (AvgIpc) is 2.12. The maximum atomic E-state index is 10.9. The zero-order valence-electron chi connectivity index (χ0n) is 7.64. The highest BCUT2D eigenvalue weighted by Crippen LogP contribution is 2.22. The summed E-state index contributed by atoms with van der Waals surface area (Å²) in [6, 6.07) is 0. The van der Waals surface area contributed by atoms with E-state index in [2.05, 4.69) is 0 Å². The number of carbonyl (C=O) groups excluding carboxylic acids is 1. The molecule has 1 saturated heterocycles. The SMILES string of the molecule is CC(=O)CC1(N)CCCOCC1. The molecule has 1 unspecified atom stereocenters. The van der Waals surface area contributed by atoms with Crippen molar-refractivity contribution in [2.75, 3.05) is 13.2 Å². The summed E-state index contributed by atoms with van der Waals surface area (Å²) in [5, 5.41) is 0. The van der Waals surface area contributed by atoms with Gasteiger partial charge in [0.25, 0.3) is 0 Å². The van der Waals surface area contributed by atoms with Crippen LogP contribution in [0.3, 0.4) is 0 Å². The van der Waals surface area contributed by atoms with Crippen LogP contribution in [0.25, 0.3) is 0 Å². The van der Waals surface area contributed by atoms with E-state index in [0.717, 1.165) is 25.9 Å². The molecule has 0 spiro atoms. The van der Waals surface area contributed by atoms with Gasteiger partial charge in [0.05, 0.1) is 0 Å². The molecule has 0 radical (unpaired) electrons. The molecule has 70 valence electrons. The number of carbonyl (C=O) groups is 1. The van der Waals surface area contributed by atoms with Gasteiger partial charge in [-0.15, -0.1) is 0 Å². The minimum atomic E-state index is -0.289. The van der Waals surface area contributed by atoms with E-state index >= 15 is 0 Å². The fourth-order valence-corrected chi connectivity index (χ4v) is 1.70. The molecule has 0 saturated carbocycles. The maximum absolute atomic E-state index is 10.9. The van der Waals surface area contributed by atoms with Gasteiger partial charge in [0.15, 0.2) is 0 Å². The van der Waals surface area contributed by atoms with Crippen LogP contribution in [0, 0.1) is 0 Å². The summed E-state index contributed by atoms with van der Waals surface area (Å²) in [6.45, 7) is 3.08. The molecule has 12 heavy (non-hydrogen) atoms. The van der Waals surface area contributed by atoms with Crippen molar-refractivity contribution in [3.63, 3.8) is 0 Å². The second-order valence-electron chi connectivity index (χ2n) is 3.71. The van der Waals surface area contributed by atoms with Gasteiger partial charge < -0.3 is 10.5 Å². The van der Waals surface area contributed by atoms with Crippen LogP contribution < -0.4 is 5.73 Å². The van der Waals surface area contributed by atoms with Gasteiger partial charge in [-0.2, -0.15) is 0 Å². The minimum absolute atomic E-state index is 0.180. The molecular formula is C9H17NO2. The number of nitrogens with two attached hydrogens (primary N) is 1. The Morgan fingerprint density at radius 3 is 2.92 bits per heavy atom. The van der Waals surface area contributed by atoms with E-state index in [1.807, 2.05) is 0 Å². The molecule has 2 N–H and O–H groups in total. The van der Waals surface area contributed by atoms with E-state index in [1.165, 1.54) is 0 Å². The van der Waals surface area contributed by atoms with Crippen LogP contribution in [0.4, 0.5) is 0 Å². The highest BCUT2D eigenvalue weighted by atomic mass is 16.5. The maximum Gasteiger partial charge on any atom is 0.131 e. The molecule has 1 fully saturated rings. The molecular weight excluding hydrogens is 154 g/mol. The normalized spacial score (nSPS) is 31.2. The van der Waals surface area contributed by atoms with E-state index in [4.69, 9.17) is 10.5 Å². The molecule has 1 rings (SSSR count). The van der Waals surface area contributed by atoms with Gasteiger partial charge in [0.1, 0.15) is 5.78 Å². The third-order valence-electron chi connectivity index (χ3n) is 2.31. The lowest BCUT2D eigenvalue weighted by Crippen LogP contribution is -2.41. The smallest absolute Gasteiger partial charge is 0.131 e. The van der Waals surface area contributed by atoms with Crippen molar-refractivity contribution in [1.82, 2.24) is 0 Å². The largest absolute Gasteiger partial charge is 0.381 e. The van der Waals surface area contributed by atoms with Crippen LogP contribution in [0.15, 0.2) is 0 Å². The van der Waals surface area contributed by atoms with E-state index in [9.17, 15) is 4.79 Å². The van der Waals surface area contributed by atoms with Crippen molar-refractivity contribution in [3.05, 3.63) is 0 Å². The summed E-state index contributed by atoms with van der Waals surface area (Å²) >= 11 is 0. The highest BCUT2D eigenvalue weighted by molar-refractivity contribution is 5.76. The van der Waals surface area contributed by atoms with Crippen molar-refractivity contribution in [2.45, 2.75) is 38.1 Å². The van der Waals surface area contributed by atoms with Gasteiger partial charge in [-0.25, -0.2) is 0 Å². The van der Waals surface area contributed by atoms with Gasteiger partial charge >= 0.3 is 0 Å². The summed E-state index contributed by atoms with van der Waals surface area (Å²) in [5.41, 5.74) is 5.77. The third kappa shape index (κ3) is 2.91. The summed E-state index contributed by atoms with van der Waals surface area (Å²) in [5.74, 6) is 0.180. The predicted octanol–water partition coefficient (Wildman–Crippen LogP) is 0.863. The van der Waals surface area contributed by atoms with Crippen LogP contribution in [0.2, 0.25) is 0 Å². The molecule has 1 heterocycles. The molecule has 0 aromatic rings. The lowest BCUT2D eigenvalue weighted by atomic mass is 9.87. The summed E-state index contributed by atoms with van der Waals surface area (Å²) in [7, 11) is 0. The Balaban J connectivity index is 2.48. The standard InChI is InChI=1S/C9H17NO2/c1-8(11)7-9(10)3-2-5-12-6-4-9/h2-7,10H2,1H3. The summed E-state index contributed by atoms with van der Waals surface area (Å²) < 4.78 is 5.28. The molecule has 1 aliphatic heterocycles. The fourth-order valence-electron chi connectivity index (χ4n) is 1.70. The lowest BCUT2D eigenvalue weighted by molar-refractivity contribution is -0.118. The zero-order valence-corrected chi connectivity index (χ0v) is 7.64. The molecule has 0 aromatic heterocycles. The number of rotatable bonds is 2. The van der Waals surface area contributed by atoms with Gasteiger partial charge in [-0.1, -0.05) is 0 Å². The van der Waals surface area contributed by atoms with Crippen LogP contribution in [-0.2, 0) is 9.53 Å². The number of hydrogen-bond acceptors (Lipinski definition) is 3. The van der Waals surface area contributed by atoms with Crippen molar-refractivity contribution >= 4 is 5.78 Å². The Bertz CT molecular complexity index is 160. The Labute approximate surface area is 73.3 Å². The number of hydrogen-bond donors (Lipinski definition) is 1. The van der Waals surface area contributed by atoms with Crippen molar-refractivity contribution in [3.8, 4) is 0 Å². The van der Waals surface area contributed by atoms with E-state index in [1.54, 1.807) is 6.92 Å². The van der Waals surface area contributed by atoms with Crippen molar-refractivity contribution in [1.29, 1.82) is 0 Å². The third-order valence-corrected chi connectivity index (χ3v) is 2.31. The quantitative estimate of drug-likeness (QED) is 0.670. The van der Waals surface area contributed by atoms with E-state index in [0.29, 0.717) is 13.0 Å². The molecule has 0 aliphatic carbocycles. The Morgan fingerprint density at radius 2 is 2.25 bits per heavy atom. The number of ether oxygens (including phenoxy) is 1. The minimum Gasteiger partial charge on any atom is -0.381 e. The predicted molar refractivity (Wildman–Crippen MR) is 46.9 cm³/mol. The zero-order chi connectivity index (χ0) is 9.03. The molecule has 1 atom stereocenters. The van der Waals surface area contributed by atoms with Gasteiger partial charge in [0, 0.05) is 25.2 Å². The number of Topliss-reactive ketones (excluding diaryl/α,β-unsaturated/α-hetero) is 1. The first-order valence-corrected chi connectivity index (χ1v) is 4.48. The van der Waals surface area contributed by atoms with Crippen molar-refractivity contribution in [2.24, 2.45) is 5.73 Å². The van der Waals surface area contributed by atoms with Gasteiger partial charge in [0.2, 0.25) is 0 Å². The van der Waals surface area contributed by atoms with Gasteiger partial charge in [-0.3, -0.25) is 4.79 Å². The molecule has 0 bridgehead atoms. The second-order valence-corrected chi connectivity index (χ2v) is 3.71. The Kier molecular flexibility index (Phi) is 3.23. The summed E-state index contributed by atoms with van der Waals surface area (Å²) in [4.78, 5) is 10.9. The second kappa shape index (κ2) is 4.01. The highest BCUT2D eigenvalue weighted by Gasteiger charge is 2.27. The van der Waals surface area contributed by atoms with E-state index in [-0.39, 0.29) is 11.3 Å². The molecule has 0 amide bonds. The van der Waals surface area contributed by atoms with Crippen LogP contribution >= 0.6 is 0 Å². The summed E-state index contributed by atoms with van der Waals surface area (Å²) in [6.07, 6.45) is 3.19. The van der Waals surface area contributed by atoms with Crippen molar-refractivity contribution < 1.29 is 9.53 Å². The average molecular weight is 171 g/mol. The molecule has 3 heteroatoms. The van der Waals surface area contributed by atoms with Gasteiger partial charge in [-0.05, 0) is 26.2 Å². The van der Waals surface area contributed by atoms with Crippen LogP contribution in [0.1, 0.15) is 32.6 Å². The van der Waals surface area contributed by atoms with Crippen LogP contribution in [0.5, 0.6) is 0 Å². The molecule has 1 aliphatic rings. The molecule has 3 nitrogen and oxygen atoms in total.